The van der Waals surface area contributed by atoms with E-state index in [1.807, 2.05) is 16.7 Å². The second-order valence-electron chi connectivity index (χ2n) is 4.55. The Morgan fingerprint density at radius 3 is 2.60 bits per heavy atom. The summed E-state index contributed by atoms with van der Waals surface area (Å²) in [4.78, 5) is 24.7. The minimum Gasteiger partial charge on any atom is -0.478 e. The predicted octanol–water partition coefficient (Wildman–Crippen LogP) is 2.36. The lowest BCUT2D eigenvalue weighted by atomic mass is 10.1. The molecule has 0 unspecified atom stereocenters. The van der Waals surface area contributed by atoms with Crippen LogP contribution in [0.4, 0.5) is 0 Å². The van der Waals surface area contributed by atoms with Crippen LogP contribution in [-0.2, 0) is 4.79 Å². The lowest BCUT2D eigenvalue weighted by Gasteiger charge is -2.19. The predicted molar refractivity (Wildman–Crippen MR) is 81.0 cm³/mol. The number of benzene rings is 1. The fourth-order valence-electron chi connectivity index (χ4n) is 2.04. The van der Waals surface area contributed by atoms with Gasteiger partial charge in [0.05, 0.1) is 0 Å². The highest BCUT2D eigenvalue weighted by Gasteiger charge is 2.16. The number of carboxylic acids is 1. The second-order valence-corrected chi connectivity index (χ2v) is 5.78. The van der Waals surface area contributed by atoms with E-state index in [1.54, 1.807) is 24.3 Å². The average Bonchev–Trinajstić information content (AvgIpc) is 2.74. The van der Waals surface area contributed by atoms with Crippen molar-refractivity contribution in [3.63, 3.8) is 0 Å². The van der Waals surface area contributed by atoms with Gasteiger partial charge < -0.3 is 10.0 Å². The van der Waals surface area contributed by atoms with Crippen LogP contribution in [0.5, 0.6) is 0 Å². The van der Waals surface area contributed by atoms with Gasteiger partial charge in [-0.3, -0.25) is 4.79 Å². The molecule has 1 amide bonds. The Bertz CT molecular complexity index is 502. The van der Waals surface area contributed by atoms with Crippen molar-refractivity contribution in [1.82, 2.24) is 4.90 Å². The van der Waals surface area contributed by atoms with Crippen molar-refractivity contribution in [2.75, 3.05) is 24.6 Å². The van der Waals surface area contributed by atoms with E-state index in [1.165, 1.54) is 6.08 Å². The number of hydrogen-bond donors (Lipinski definition) is 1. The fraction of sp³-hybridized carbons (Fsp3) is 0.333. The van der Waals surface area contributed by atoms with Crippen LogP contribution >= 0.6 is 11.8 Å². The van der Waals surface area contributed by atoms with Gasteiger partial charge >= 0.3 is 5.97 Å². The first-order valence-corrected chi connectivity index (χ1v) is 7.70. The van der Waals surface area contributed by atoms with Gasteiger partial charge in [-0.15, -0.1) is 0 Å². The van der Waals surface area contributed by atoms with Crippen LogP contribution in [0.3, 0.4) is 0 Å². The molecule has 1 aliphatic rings. The molecule has 1 N–H and O–H groups in total. The van der Waals surface area contributed by atoms with E-state index < -0.39 is 5.97 Å². The van der Waals surface area contributed by atoms with Gasteiger partial charge in [0.25, 0.3) is 5.91 Å². The standard InChI is InChI=1S/C15H17NO3S/c17-14(18)7-4-12-2-5-13(6-3-12)15(19)16-8-1-10-20-11-9-16/h2-7H,1,8-11H2,(H,17,18). The smallest absolute Gasteiger partial charge is 0.328 e. The van der Waals surface area contributed by atoms with Crippen LogP contribution in [0.2, 0.25) is 0 Å². The highest BCUT2D eigenvalue weighted by atomic mass is 32.2. The molecule has 1 aromatic rings. The fourth-order valence-corrected chi connectivity index (χ4v) is 2.92. The monoisotopic (exact) mass is 291 g/mol. The van der Waals surface area contributed by atoms with Gasteiger partial charge in [-0.25, -0.2) is 4.79 Å². The summed E-state index contributed by atoms with van der Waals surface area (Å²) in [5, 5.41) is 8.56. The number of rotatable bonds is 3. The Hall–Kier alpha value is -1.75. The Labute approximate surface area is 122 Å². The number of amides is 1. The topological polar surface area (TPSA) is 57.6 Å². The van der Waals surface area contributed by atoms with E-state index >= 15 is 0 Å². The molecule has 1 aliphatic heterocycles. The first-order chi connectivity index (χ1) is 9.66. The third kappa shape index (κ3) is 4.13. The average molecular weight is 291 g/mol. The van der Waals surface area contributed by atoms with E-state index in [-0.39, 0.29) is 5.91 Å². The molecule has 0 spiro atoms. The van der Waals surface area contributed by atoms with Gasteiger partial charge in [0.15, 0.2) is 0 Å². The molecule has 4 nitrogen and oxygen atoms in total. The first-order valence-electron chi connectivity index (χ1n) is 6.55. The molecule has 0 radical (unpaired) electrons. The molecule has 0 bridgehead atoms. The number of carbonyl (C=O) groups is 2. The van der Waals surface area contributed by atoms with Gasteiger partial charge in [0.1, 0.15) is 0 Å². The summed E-state index contributed by atoms with van der Waals surface area (Å²) in [5.41, 5.74) is 1.43. The molecule has 106 valence electrons. The third-order valence-electron chi connectivity index (χ3n) is 3.09. The summed E-state index contributed by atoms with van der Waals surface area (Å²) in [6.07, 6.45) is 3.64. The van der Waals surface area contributed by atoms with Gasteiger partial charge in [0.2, 0.25) is 0 Å². The van der Waals surface area contributed by atoms with E-state index in [4.69, 9.17) is 5.11 Å². The number of hydrogen-bond acceptors (Lipinski definition) is 3. The minimum atomic E-state index is -0.979. The largest absolute Gasteiger partial charge is 0.478 e. The van der Waals surface area contributed by atoms with Crippen molar-refractivity contribution < 1.29 is 14.7 Å². The van der Waals surface area contributed by atoms with Crippen molar-refractivity contribution >= 4 is 29.7 Å². The van der Waals surface area contributed by atoms with Crippen molar-refractivity contribution in [3.8, 4) is 0 Å². The summed E-state index contributed by atoms with van der Waals surface area (Å²) in [6, 6.07) is 7.03. The number of aliphatic carboxylic acids is 1. The van der Waals surface area contributed by atoms with Crippen LogP contribution in [0.15, 0.2) is 30.3 Å². The highest BCUT2D eigenvalue weighted by molar-refractivity contribution is 7.99. The Balaban J connectivity index is 2.04. The van der Waals surface area contributed by atoms with E-state index in [0.29, 0.717) is 5.56 Å². The molecule has 2 rings (SSSR count). The molecule has 1 fully saturated rings. The maximum Gasteiger partial charge on any atom is 0.328 e. The normalized spacial score (nSPS) is 16.1. The molecule has 1 heterocycles. The number of carboxylic acid groups (broad SMARTS) is 1. The molecule has 0 aliphatic carbocycles. The van der Waals surface area contributed by atoms with Crippen molar-refractivity contribution in [2.24, 2.45) is 0 Å². The summed E-state index contributed by atoms with van der Waals surface area (Å²) < 4.78 is 0. The lowest BCUT2D eigenvalue weighted by molar-refractivity contribution is -0.131. The van der Waals surface area contributed by atoms with Crippen LogP contribution in [0.25, 0.3) is 6.08 Å². The Morgan fingerprint density at radius 1 is 1.15 bits per heavy atom. The molecule has 20 heavy (non-hydrogen) atoms. The highest BCUT2D eigenvalue weighted by Crippen LogP contribution is 2.14. The van der Waals surface area contributed by atoms with Crippen molar-refractivity contribution in [2.45, 2.75) is 6.42 Å². The summed E-state index contributed by atoms with van der Waals surface area (Å²) >= 11 is 1.89. The van der Waals surface area contributed by atoms with Gasteiger partial charge in [-0.2, -0.15) is 11.8 Å². The molecular weight excluding hydrogens is 274 g/mol. The minimum absolute atomic E-state index is 0.0567. The van der Waals surface area contributed by atoms with Crippen LogP contribution in [-0.4, -0.2) is 46.5 Å². The van der Waals surface area contributed by atoms with Gasteiger partial charge in [-0.1, -0.05) is 12.1 Å². The SMILES string of the molecule is O=C(O)C=Cc1ccc(C(=O)N2CCCSCC2)cc1. The van der Waals surface area contributed by atoms with Crippen LogP contribution in [0.1, 0.15) is 22.3 Å². The number of carbonyl (C=O) groups excluding carboxylic acids is 1. The van der Waals surface area contributed by atoms with E-state index in [0.717, 1.165) is 42.7 Å². The zero-order valence-corrected chi connectivity index (χ0v) is 11.9. The molecule has 5 heteroatoms. The van der Waals surface area contributed by atoms with E-state index in [9.17, 15) is 9.59 Å². The molecule has 0 atom stereocenters. The van der Waals surface area contributed by atoms with Crippen LogP contribution in [0, 0.1) is 0 Å². The lowest BCUT2D eigenvalue weighted by Crippen LogP contribution is -2.32. The number of nitrogens with zero attached hydrogens (tertiary/aromatic N) is 1. The molecule has 0 aromatic heterocycles. The second kappa shape index (κ2) is 7.14. The molecule has 1 aromatic carbocycles. The molecular formula is C15H17NO3S. The Morgan fingerprint density at radius 2 is 1.90 bits per heavy atom. The van der Waals surface area contributed by atoms with Crippen molar-refractivity contribution in [3.05, 3.63) is 41.5 Å². The summed E-state index contributed by atoms with van der Waals surface area (Å²) in [7, 11) is 0. The van der Waals surface area contributed by atoms with E-state index in [2.05, 4.69) is 0 Å². The quantitative estimate of drug-likeness (QED) is 0.869. The zero-order valence-electron chi connectivity index (χ0n) is 11.1. The first kappa shape index (κ1) is 14.7. The maximum absolute atomic E-state index is 12.3. The Kier molecular flexibility index (Phi) is 5.24. The summed E-state index contributed by atoms with van der Waals surface area (Å²) in [6.45, 7) is 1.61. The van der Waals surface area contributed by atoms with Crippen molar-refractivity contribution in [1.29, 1.82) is 0 Å². The van der Waals surface area contributed by atoms with Gasteiger partial charge in [0, 0.05) is 30.5 Å². The molecule has 1 saturated heterocycles. The third-order valence-corrected chi connectivity index (χ3v) is 4.13. The zero-order chi connectivity index (χ0) is 14.4. The van der Waals surface area contributed by atoms with Gasteiger partial charge in [-0.05, 0) is 35.9 Å². The maximum atomic E-state index is 12.3. The van der Waals surface area contributed by atoms with Crippen LogP contribution < -0.4 is 0 Å². The molecule has 0 saturated carbocycles. The number of thioether (sulfide) groups is 1. The summed E-state index contributed by atoms with van der Waals surface area (Å²) in [5.74, 6) is 1.18.